The molecule has 1 N–H and O–H groups in total. The first-order valence-electron chi connectivity index (χ1n) is 6.01. The van der Waals surface area contributed by atoms with Gasteiger partial charge in [-0.05, 0) is 18.1 Å². The molecule has 21 heavy (non-hydrogen) atoms. The van der Waals surface area contributed by atoms with E-state index in [0.717, 1.165) is 12.3 Å². The first-order chi connectivity index (χ1) is 9.90. The second kappa shape index (κ2) is 6.25. The summed E-state index contributed by atoms with van der Waals surface area (Å²) in [6.07, 6.45) is -2.81. The zero-order valence-electron chi connectivity index (χ0n) is 10.9. The number of alkyl halides is 3. The highest BCUT2D eigenvalue weighted by atomic mass is 32.2. The van der Waals surface area contributed by atoms with Gasteiger partial charge in [0.05, 0.1) is 0 Å². The Bertz CT molecular complexity index is 669. The van der Waals surface area contributed by atoms with Gasteiger partial charge in [-0.1, -0.05) is 24.8 Å². The Hall–Kier alpha value is -1.90. The summed E-state index contributed by atoms with van der Waals surface area (Å²) in [5.74, 6) is 0.335. The third kappa shape index (κ3) is 4.03. The Morgan fingerprint density at radius 1 is 1.29 bits per heavy atom. The van der Waals surface area contributed by atoms with Crippen LogP contribution >= 0.6 is 11.8 Å². The topological polar surface area (TPSA) is 71.5 Å². The molecule has 0 radical (unpaired) electrons. The summed E-state index contributed by atoms with van der Waals surface area (Å²) in [6, 6.07) is 2.26. The van der Waals surface area contributed by atoms with E-state index >= 15 is 0 Å². The maximum Gasteiger partial charge on any atom is 0.433 e. The number of halogens is 3. The summed E-state index contributed by atoms with van der Waals surface area (Å²) >= 11 is 1.17. The minimum atomic E-state index is -4.45. The lowest BCUT2D eigenvalue weighted by atomic mass is 10.3. The Morgan fingerprint density at radius 3 is 2.57 bits per heavy atom. The van der Waals surface area contributed by atoms with Gasteiger partial charge in [0.2, 0.25) is 0 Å². The molecule has 2 rings (SSSR count). The maximum absolute atomic E-state index is 12.4. The normalized spacial score (nSPS) is 11.6. The molecule has 5 nitrogen and oxygen atoms in total. The van der Waals surface area contributed by atoms with Crippen molar-refractivity contribution in [2.75, 3.05) is 0 Å². The number of aromatic amines is 1. The van der Waals surface area contributed by atoms with Crippen molar-refractivity contribution in [2.24, 2.45) is 0 Å². The van der Waals surface area contributed by atoms with E-state index in [1.54, 1.807) is 6.92 Å². The molecule has 0 unspecified atom stereocenters. The Kier molecular flexibility index (Phi) is 4.61. The van der Waals surface area contributed by atoms with Gasteiger partial charge in [-0.3, -0.25) is 14.8 Å². The van der Waals surface area contributed by atoms with Crippen molar-refractivity contribution < 1.29 is 13.2 Å². The molecule has 0 spiro atoms. The average Bonchev–Trinajstić information content (AvgIpc) is 2.45. The number of nitrogens with zero attached hydrogens (tertiary/aromatic N) is 3. The van der Waals surface area contributed by atoms with Gasteiger partial charge in [-0.25, -0.2) is 0 Å². The Balaban J connectivity index is 2.03. The molecule has 0 aliphatic rings. The molecular formula is C12H11F3N4OS. The van der Waals surface area contributed by atoms with Crippen molar-refractivity contribution in [3.8, 4) is 0 Å². The molecule has 112 valence electrons. The molecule has 0 saturated carbocycles. The first kappa shape index (κ1) is 15.5. The minimum Gasteiger partial charge on any atom is -0.298 e. The highest BCUT2D eigenvalue weighted by Crippen LogP contribution is 2.27. The van der Waals surface area contributed by atoms with Gasteiger partial charge in [-0.2, -0.15) is 13.2 Å². The van der Waals surface area contributed by atoms with Gasteiger partial charge in [-0.15, -0.1) is 10.2 Å². The van der Waals surface area contributed by atoms with Crippen LogP contribution < -0.4 is 5.56 Å². The Labute approximate surface area is 122 Å². The standard InChI is InChI=1S/C12H11F3N4OS/c1-2-8-10(20)17-11(19-18-8)21-6-7-3-4-9(16-5-7)12(13,14)15/h3-5H,2,6H2,1H3,(H,17,19,20). The fourth-order valence-electron chi connectivity index (χ4n) is 1.47. The van der Waals surface area contributed by atoms with Crippen LogP contribution in [0.5, 0.6) is 0 Å². The number of rotatable bonds is 4. The van der Waals surface area contributed by atoms with E-state index in [0.29, 0.717) is 28.6 Å². The van der Waals surface area contributed by atoms with E-state index in [-0.39, 0.29) is 5.56 Å². The van der Waals surface area contributed by atoms with E-state index in [1.165, 1.54) is 17.8 Å². The highest BCUT2D eigenvalue weighted by Gasteiger charge is 2.31. The molecule has 0 atom stereocenters. The van der Waals surface area contributed by atoms with Crippen LogP contribution in [-0.2, 0) is 18.3 Å². The second-order valence-corrected chi connectivity index (χ2v) is 5.06. The van der Waals surface area contributed by atoms with Crippen LogP contribution in [0, 0.1) is 0 Å². The van der Waals surface area contributed by atoms with Gasteiger partial charge in [0.1, 0.15) is 11.4 Å². The lowest BCUT2D eigenvalue weighted by Crippen LogP contribution is -2.16. The van der Waals surface area contributed by atoms with Crippen molar-refractivity contribution in [2.45, 2.75) is 30.4 Å². The van der Waals surface area contributed by atoms with Crippen LogP contribution in [0.2, 0.25) is 0 Å². The molecule has 0 bridgehead atoms. The third-order valence-electron chi connectivity index (χ3n) is 2.57. The van der Waals surface area contributed by atoms with Crippen molar-refractivity contribution in [1.29, 1.82) is 0 Å². The van der Waals surface area contributed by atoms with Gasteiger partial charge in [0.15, 0.2) is 5.16 Å². The van der Waals surface area contributed by atoms with Crippen LogP contribution in [0.25, 0.3) is 0 Å². The van der Waals surface area contributed by atoms with Crippen LogP contribution in [0.3, 0.4) is 0 Å². The summed E-state index contributed by atoms with van der Waals surface area (Å²) in [7, 11) is 0. The summed E-state index contributed by atoms with van der Waals surface area (Å²) in [6.45, 7) is 1.79. The van der Waals surface area contributed by atoms with Gasteiger partial charge in [0, 0.05) is 11.9 Å². The fourth-order valence-corrected chi connectivity index (χ4v) is 2.21. The maximum atomic E-state index is 12.4. The zero-order chi connectivity index (χ0) is 15.5. The second-order valence-electron chi connectivity index (χ2n) is 4.10. The van der Waals surface area contributed by atoms with Gasteiger partial charge < -0.3 is 0 Å². The van der Waals surface area contributed by atoms with Crippen molar-refractivity contribution >= 4 is 11.8 Å². The predicted octanol–water partition coefficient (Wildman–Crippen LogP) is 2.43. The number of thioether (sulfide) groups is 1. The van der Waals surface area contributed by atoms with E-state index in [4.69, 9.17) is 0 Å². The number of pyridine rings is 1. The summed E-state index contributed by atoms with van der Waals surface area (Å²) in [5.41, 5.74) is -0.303. The molecule has 2 aromatic rings. The number of aryl methyl sites for hydroxylation is 1. The molecule has 2 aromatic heterocycles. The molecule has 0 fully saturated rings. The summed E-state index contributed by atoms with van der Waals surface area (Å²) < 4.78 is 37.1. The van der Waals surface area contributed by atoms with Crippen molar-refractivity contribution in [1.82, 2.24) is 20.2 Å². The molecule has 0 amide bonds. The number of H-pyrrole nitrogens is 1. The lowest BCUT2D eigenvalue weighted by Gasteiger charge is -2.06. The van der Waals surface area contributed by atoms with E-state index < -0.39 is 11.9 Å². The molecule has 0 saturated heterocycles. The summed E-state index contributed by atoms with van der Waals surface area (Å²) in [5, 5.41) is 7.93. The minimum absolute atomic E-state index is 0.305. The molecule has 0 aliphatic carbocycles. The van der Waals surface area contributed by atoms with Crippen LogP contribution in [-0.4, -0.2) is 20.2 Å². The molecule has 2 heterocycles. The molecular weight excluding hydrogens is 305 g/mol. The summed E-state index contributed by atoms with van der Waals surface area (Å²) in [4.78, 5) is 17.5. The quantitative estimate of drug-likeness (QED) is 0.877. The van der Waals surface area contributed by atoms with Gasteiger partial charge >= 0.3 is 6.18 Å². The van der Waals surface area contributed by atoms with Crippen LogP contribution in [0.1, 0.15) is 23.9 Å². The van der Waals surface area contributed by atoms with Crippen LogP contribution in [0.15, 0.2) is 28.3 Å². The Morgan fingerprint density at radius 2 is 2.05 bits per heavy atom. The predicted molar refractivity (Wildman–Crippen MR) is 70.8 cm³/mol. The van der Waals surface area contributed by atoms with Crippen molar-refractivity contribution in [3.63, 3.8) is 0 Å². The largest absolute Gasteiger partial charge is 0.433 e. The molecule has 0 aliphatic heterocycles. The van der Waals surface area contributed by atoms with E-state index in [1.807, 2.05) is 0 Å². The van der Waals surface area contributed by atoms with Crippen LogP contribution in [0.4, 0.5) is 13.2 Å². The number of hydrogen-bond donors (Lipinski definition) is 1. The van der Waals surface area contributed by atoms with E-state index in [9.17, 15) is 18.0 Å². The third-order valence-corrected chi connectivity index (χ3v) is 3.50. The lowest BCUT2D eigenvalue weighted by molar-refractivity contribution is -0.141. The highest BCUT2D eigenvalue weighted by molar-refractivity contribution is 7.98. The first-order valence-corrected chi connectivity index (χ1v) is 6.99. The average molecular weight is 316 g/mol. The zero-order valence-corrected chi connectivity index (χ0v) is 11.8. The van der Waals surface area contributed by atoms with E-state index in [2.05, 4.69) is 20.2 Å². The molecule has 0 aromatic carbocycles. The van der Waals surface area contributed by atoms with Gasteiger partial charge in [0.25, 0.3) is 5.56 Å². The van der Waals surface area contributed by atoms with Crippen molar-refractivity contribution in [3.05, 3.63) is 45.6 Å². The number of aromatic nitrogens is 4. The smallest absolute Gasteiger partial charge is 0.298 e. The monoisotopic (exact) mass is 316 g/mol. The molecule has 9 heteroatoms. The SMILES string of the molecule is CCc1nnc(SCc2ccc(C(F)(F)F)nc2)[nH]c1=O. The number of hydrogen-bond acceptors (Lipinski definition) is 5. The fraction of sp³-hybridized carbons (Fsp3) is 0.333. The number of nitrogens with one attached hydrogen (secondary N) is 1.